The van der Waals surface area contributed by atoms with E-state index in [1.54, 1.807) is 0 Å². The van der Waals surface area contributed by atoms with Crippen molar-refractivity contribution >= 4 is 27.5 Å². The van der Waals surface area contributed by atoms with Crippen LogP contribution in [0.5, 0.6) is 0 Å². The van der Waals surface area contributed by atoms with Crippen LogP contribution in [0.1, 0.15) is 32.4 Å². The molecular formula is C20H20N4O2S. The van der Waals surface area contributed by atoms with E-state index in [1.807, 2.05) is 61.9 Å². The summed E-state index contributed by atoms with van der Waals surface area (Å²) in [4.78, 5) is 14.3. The number of fused-ring (bicyclic) bond motifs is 1. The van der Waals surface area contributed by atoms with Crippen LogP contribution >= 0.6 is 11.3 Å². The number of nitrogens with zero attached hydrogens (tertiary/aromatic N) is 3. The van der Waals surface area contributed by atoms with Crippen molar-refractivity contribution in [3.8, 4) is 5.69 Å². The van der Waals surface area contributed by atoms with Gasteiger partial charge in [-0.15, -0.1) is 11.3 Å². The van der Waals surface area contributed by atoms with Gasteiger partial charge < -0.3 is 9.84 Å². The summed E-state index contributed by atoms with van der Waals surface area (Å²) in [5.41, 5.74) is 3.84. The molecular weight excluding hydrogens is 360 g/mol. The summed E-state index contributed by atoms with van der Waals surface area (Å²) in [5, 5.41) is 12.6. The molecule has 138 valence electrons. The van der Waals surface area contributed by atoms with Gasteiger partial charge in [0.25, 0.3) is 5.91 Å². The van der Waals surface area contributed by atoms with Crippen LogP contribution in [0.3, 0.4) is 0 Å². The number of hydrogen-bond donors (Lipinski definition) is 1. The zero-order chi connectivity index (χ0) is 19.0. The minimum atomic E-state index is -0.0676. The van der Waals surface area contributed by atoms with Gasteiger partial charge in [-0.3, -0.25) is 4.79 Å². The van der Waals surface area contributed by atoms with E-state index in [0.29, 0.717) is 17.8 Å². The number of thiophene rings is 1. The fourth-order valence-corrected chi connectivity index (χ4v) is 4.25. The highest BCUT2D eigenvalue weighted by Crippen LogP contribution is 2.30. The van der Waals surface area contributed by atoms with E-state index < -0.39 is 0 Å². The van der Waals surface area contributed by atoms with Crippen molar-refractivity contribution in [1.82, 2.24) is 20.3 Å². The second-order valence-corrected chi connectivity index (χ2v) is 7.50. The number of para-hydroxylation sites is 1. The van der Waals surface area contributed by atoms with Crippen molar-refractivity contribution < 1.29 is 9.32 Å². The molecule has 1 aromatic carbocycles. The number of amides is 1. The number of hydrogen-bond acceptors (Lipinski definition) is 5. The average molecular weight is 380 g/mol. The third-order valence-electron chi connectivity index (χ3n) is 4.61. The van der Waals surface area contributed by atoms with E-state index >= 15 is 0 Å². The van der Waals surface area contributed by atoms with E-state index in [2.05, 4.69) is 15.6 Å². The van der Waals surface area contributed by atoms with Crippen LogP contribution in [0.15, 0.2) is 40.9 Å². The number of aromatic nitrogens is 3. The minimum Gasteiger partial charge on any atom is -0.361 e. The zero-order valence-electron chi connectivity index (χ0n) is 15.4. The Kier molecular flexibility index (Phi) is 4.53. The molecule has 27 heavy (non-hydrogen) atoms. The maximum Gasteiger partial charge on any atom is 0.261 e. The van der Waals surface area contributed by atoms with Crippen LogP contribution < -0.4 is 5.32 Å². The van der Waals surface area contributed by atoms with Gasteiger partial charge in [0.15, 0.2) is 0 Å². The Morgan fingerprint density at radius 3 is 2.67 bits per heavy atom. The van der Waals surface area contributed by atoms with Gasteiger partial charge in [-0.05, 0) is 45.4 Å². The van der Waals surface area contributed by atoms with E-state index in [0.717, 1.165) is 38.6 Å². The summed E-state index contributed by atoms with van der Waals surface area (Å²) in [6, 6.07) is 11.9. The number of carbonyl (C=O) groups excluding carboxylic acids is 1. The quantitative estimate of drug-likeness (QED) is 0.568. The van der Waals surface area contributed by atoms with E-state index in [4.69, 9.17) is 4.52 Å². The molecule has 7 heteroatoms. The predicted molar refractivity (Wildman–Crippen MR) is 106 cm³/mol. The number of aryl methyl sites for hydroxylation is 3. The fourth-order valence-electron chi connectivity index (χ4n) is 3.15. The lowest BCUT2D eigenvalue weighted by atomic mass is 10.1. The van der Waals surface area contributed by atoms with E-state index in [-0.39, 0.29) is 5.91 Å². The van der Waals surface area contributed by atoms with Gasteiger partial charge in [0, 0.05) is 17.5 Å². The SMILES string of the molecule is Cc1noc(C)c1CCNC(=O)c1cc2c(C)nn(-c3ccccc3)c2s1. The van der Waals surface area contributed by atoms with Crippen molar-refractivity contribution in [2.45, 2.75) is 27.2 Å². The first-order chi connectivity index (χ1) is 13.0. The third-order valence-corrected chi connectivity index (χ3v) is 5.72. The summed E-state index contributed by atoms with van der Waals surface area (Å²) >= 11 is 1.46. The van der Waals surface area contributed by atoms with Crippen LogP contribution in [-0.2, 0) is 6.42 Å². The molecule has 0 fully saturated rings. The maximum atomic E-state index is 12.6. The molecule has 6 nitrogen and oxygen atoms in total. The Balaban J connectivity index is 1.53. The van der Waals surface area contributed by atoms with Gasteiger partial charge in [-0.2, -0.15) is 5.10 Å². The predicted octanol–water partition coefficient (Wildman–Crippen LogP) is 3.97. The van der Waals surface area contributed by atoms with Crippen LogP contribution in [0.4, 0.5) is 0 Å². The second kappa shape index (κ2) is 7.00. The minimum absolute atomic E-state index is 0.0676. The lowest BCUT2D eigenvalue weighted by molar-refractivity contribution is 0.0958. The van der Waals surface area contributed by atoms with Gasteiger partial charge in [-0.1, -0.05) is 23.4 Å². The topological polar surface area (TPSA) is 73.0 Å². The van der Waals surface area contributed by atoms with Crippen LogP contribution in [-0.4, -0.2) is 27.4 Å². The van der Waals surface area contributed by atoms with Gasteiger partial charge >= 0.3 is 0 Å². The lowest BCUT2D eigenvalue weighted by Gasteiger charge is -2.04. The molecule has 0 bridgehead atoms. The van der Waals surface area contributed by atoms with Crippen LogP contribution in [0, 0.1) is 20.8 Å². The first-order valence-corrected chi connectivity index (χ1v) is 9.61. The van der Waals surface area contributed by atoms with Crippen LogP contribution in [0.2, 0.25) is 0 Å². The van der Waals surface area contributed by atoms with E-state index in [1.165, 1.54) is 11.3 Å². The Labute approximate surface area is 160 Å². The maximum absolute atomic E-state index is 12.6. The Hall–Kier alpha value is -2.93. The fraction of sp³-hybridized carbons (Fsp3) is 0.250. The molecule has 0 saturated heterocycles. The molecule has 0 saturated carbocycles. The highest BCUT2D eigenvalue weighted by atomic mass is 32.1. The number of rotatable bonds is 5. The highest BCUT2D eigenvalue weighted by Gasteiger charge is 2.17. The van der Waals surface area contributed by atoms with E-state index in [9.17, 15) is 4.79 Å². The molecule has 0 aliphatic carbocycles. The zero-order valence-corrected chi connectivity index (χ0v) is 16.3. The molecule has 4 aromatic rings. The Morgan fingerprint density at radius 2 is 1.96 bits per heavy atom. The molecule has 1 N–H and O–H groups in total. The number of nitrogens with one attached hydrogen (secondary N) is 1. The summed E-state index contributed by atoms with van der Waals surface area (Å²) in [7, 11) is 0. The Bertz CT molecular complexity index is 1090. The molecule has 0 radical (unpaired) electrons. The van der Waals surface area contributed by atoms with Crippen molar-refractivity contribution in [3.05, 3.63) is 64.0 Å². The van der Waals surface area contributed by atoms with Gasteiger partial charge in [-0.25, -0.2) is 4.68 Å². The average Bonchev–Trinajstić information content (AvgIpc) is 3.33. The number of benzene rings is 1. The van der Waals surface area contributed by atoms with Gasteiger partial charge in [0.05, 0.1) is 22.0 Å². The monoisotopic (exact) mass is 380 g/mol. The smallest absolute Gasteiger partial charge is 0.261 e. The molecule has 0 spiro atoms. The van der Waals surface area contributed by atoms with Crippen LogP contribution in [0.25, 0.3) is 15.9 Å². The van der Waals surface area contributed by atoms with Crippen molar-refractivity contribution in [2.75, 3.05) is 6.54 Å². The van der Waals surface area contributed by atoms with Crippen molar-refractivity contribution in [1.29, 1.82) is 0 Å². The molecule has 0 aliphatic heterocycles. The summed E-state index contributed by atoms with van der Waals surface area (Å²) < 4.78 is 7.06. The molecule has 4 rings (SSSR count). The summed E-state index contributed by atoms with van der Waals surface area (Å²) in [6.07, 6.45) is 0.703. The highest BCUT2D eigenvalue weighted by molar-refractivity contribution is 7.20. The lowest BCUT2D eigenvalue weighted by Crippen LogP contribution is -2.25. The van der Waals surface area contributed by atoms with Gasteiger partial charge in [0.2, 0.25) is 0 Å². The number of carbonyl (C=O) groups is 1. The second-order valence-electron chi connectivity index (χ2n) is 6.47. The first-order valence-electron chi connectivity index (χ1n) is 8.79. The summed E-state index contributed by atoms with van der Waals surface area (Å²) in [5.74, 6) is 0.740. The van der Waals surface area contributed by atoms with Crippen molar-refractivity contribution in [3.63, 3.8) is 0 Å². The standard InChI is InChI=1S/C20H20N4O2S/c1-12-17-11-18(19(25)21-10-9-16-13(2)23-26-14(16)3)27-20(17)24(22-12)15-7-5-4-6-8-15/h4-8,11H,9-10H2,1-3H3,(H,21,25). The molecule has 0 aliphatic rings. The molecule has 0 atom stereocenters. The third kappa shape index (κ3) is 3.26. The Morgan fingerprint density at radius 1 is 1.19 bits per heavy atom. The normalized spacial score (nSPS) is 11.2. The molecule has 0 unspecified atom stereocenters. The van der Waals surface area contributed by atoms with Gasteiger partial charge in [0.1, 0.15) is 10.6 Å². The van der Waals surface area contributed by atoms with Crippen molar-refractivity contribution in [2.24, 2.45) is 0 Å². The molecule has 3 heterocycles. The molecule has 1 amide bonds. The first kappa shape index (κ1) is 17.5. The molecule has 3 aromatic heterocycles. The summed E-state index contributed by atoms with van der Waals surface area (Å²) in [6.45, 7) is 6.31. The largest absolute Gasteiger partial charge is 0.361 e.